The number of methoxy groups -OCH3 is 1. The second kappa shape index (κ2) is 12.6. The molecule has 3 heterocycles. The molecule has 1 saturated heterocycles. The minimum atomic E-state index is -1.54. The van der Waals surface area contributed by atoms with Crippen molar-refractivity contribution in [3.63, 3.8) is 0 Å². The summed E-state index contributed by atoms with van der Waals surface area (Å²) in [5.74, 6) is -3.26. The number of ether oxygens (including phenoxy) is 1. The SMILES string of the molecule is COc1cc(C=CC2C3=CCn4c(=O)n(-c5ccccc5)c(=O)n4C3CC3C(=O)N(Nc4ccc(F)cc4)C(=O)C23c2ccc(Cl)cc2)ccc1O. The largest absolute Gasteiger partial charge is 0.504 e. The summed E-state index contributed by atoms with van der Waals surface area (Å²) >= 11 is 6.34. The highest BCUT2D eigenvalue weighted by Gasteiger charge is 2.68. The van der Waals surface area contributed by atoms with Crippen LogP contribution in [0.4, 0.5) is 10.1 Å². The van der Waals surface area contributed by atoms with E-state index in [1.807, 2.05) is 12.2 Å². The van der Waals surface area contributed by atoms with Crippen molar-refractivity contribution in [2.75, 3.05) is 12.5 Å². The molecule has 0 spiro atoms. The molecule has 4 atom stereocenters. The minimum Gasteiger partial charge on any atom is -0.504 e. The number of hydrazine groups is 1. The first-order valence-corrected chi connectivity index (χ1v) is 16.9. The second-order valence-electron chi connectivity index (χ2n) is 12.9. The maximum absolute atomic E-state index is 15.1. The molecule has 4 aromatic carbocycles. The van der Waals surface area contributed by atoms with Crippen molar-refractivity contribution < 1.29 is 23.8 Å². The number of fused-ring (bicyclic) bond motifs is 4. The Balaban J connectivity index is 1.35. The van der Waals surface area contributed by atoms with Crippen molar-refractivity contribution in [1.29, 1.82) is 0 Å². The average Bonchev–Trinajstić information content (AvgIpc) is 3.53. The van der Waals surface area contributed by atoms with E-state index in [0.717, 1.165) is 9.58 Å². The Hall–Kier alpha value is -6.14. The van der Waals surface area contributed by atoms with Crippen LogP contribution in [0, 0.1) is 17.7 Å². The van der Waals surface area contributed by atoms with Crippen LogP contribution >= 0.6 is 11.6 Å². The quantitative estimate of drug-likeness (QED) is 0.169. The number of nitrogens with zero attached hydrogens (tertiary/aromatic N) is 4. The summed E-state index contributed by atoms with van der Waals surface area (Å²) in [5, 5.41) is 11.7. The third kappa shape index (κ3) is 5.01. The topological polar surface area (TPSA) is 128 Å². The van der Waals surface area contributed by atoms with Gasteiger partial charge in [0.1, 0.15) is 5.82 Å². The number of phenols is 1. The minimum absolute atomic E-state index is 0.0101. The number of phenolic OH excluding ortho intramolecular Hbond substituents is 1. The van der Waals surface area contributed by atoms with Crippen LogP contribution in [0.25, 0.3) is 11.8 Å². The fourth-order valence-corrected chi connectivity index (χ4v) is 8.09. The Morgan fingerprint density at radius 2 is 1.67 bits per heavy atom. The zero-order valence-electron chi connectivity index (χ0n) is 27.6. The number of imide groups is 1. The Bertz CT molecular complexity index is 2420. The molecule has 1 saturated carbocycles. The van der Waals surface area contributed by atoms with Crippen molar-refractivity contribution in [2.45, 2.75) is 24.4 Å². The highest BCUT2D eigenvalue weighted by atomic mass is 35.5. The first-order chi connectivity index (χ1) is 25.1. The van der Waals surface area contributed by atoms with Crippen molar-refractivity contribution >= 4 is 35.2 Å². The summed E-state index contributed by atoms with van der Waals surface area (Å²) in [6.07, 6.45) is 5.47. The molecule has 0 radical (unpaired) electrons. The van der Waals surface area contributed by atoms with E-state index >= 15 is 4.79 Å². The molecule has 262 valence electrons. The molecule has 1 aliphatic carbocycles. The van der Waals surface area contributed by atoms with Gasteiger partial charge in [-0.05, 0) is 83.8 Å². The first kappa shape index (κ1) is 33.0. The van der Waals surface area contributed by atoms with E-state index in [4.69, 9.17) is 16.3 Å². The number of carbonyl (C=O) groups is 2. The van der Waals surface area contributed by atoms with Gasteiger partial charge in [0.15, 0.2) is 11.5 Å². The van der Waals surface area contributed by atoms with E-state index in [9.17, 15) is 23.9 Å². The molecule has 13 heteroatoms. The van der Waals surface area contributed by atoms with Gasteiger partial charge in [-0.1, -0.05) is 66.2 Å². The summed E-state index contributed by atoms with van der Waals surface area (Å²) in [7, 11) is 1.44. The molecule has 2 aliphatic heterocycles. The molecular weight excluding hydrogens is 689 g/mol. The maximum Gasteiger partial charge on any atom is 0.352 e. The summed E-state index contributed by atoms with van der Waals surface area (Å²) in [6, 6.07) is 24.7. The van der Waals surface area contributed by atoms with Crippen LogP contribution in [-0.2, 0) is 21.5 Å². The molecule has 0 bridgehead atoms. The predicted molar refractivity (Wildman–Crippen MR) is 192 cm³/mol. The number of halogens is 2. The van der Waals surface area contributed by atoms with Gasteiger partial charge in [0.25, 0.3) is 11.8 Å². The number of hydrogen-bond acceptors (Lipinski definition) is 7. The van der Waals surface area contributed by atoms with Gasteiger partial charge >= 0.3 is 11.4 Å². The van der Waals surface area contributed by atoms with E-state index < -0.39 is 52.3 Å². The van der Waals surface area contributed by atoms with Crippen molar-refractivity contribution in [3.05, 3.63) is 158 Å². The summed E-state index contributed by atoms with van der Waals surface area (Å²) in [5.41, 5.74) is 2.83. The van der Waals surface area contributed by atoms with Crippen LogP contribution in [0.1, 0.15) is 23.6 Å². The van der Waals surface area contributed by atoms with Crippen LogP contribution in [0.3, 0.4) is 0 Å². The molecule has 5 aromatic rings. The summed E-state index contributed by atoms with van der Waals surface area (Å²) in [6.45, 7) is 0.0398. The molecule has 1 aromatic heterocycles. The number of para-hydroxylation sites is 1. The number of aromatic nitrogens is 3. The van der Waals surface area contributed by atoms with Crippen LogP contribution in [0.2, 0.25) is 5.02 Å². The standard InChI is InChI=1S/C39H31ClFN5O6/c1-52-34-21-23(8-18-33(34)47)7-17-30-29-19-20-43-37(50)44(28-5-3-2-4-6-28)38(51)46(43)32(29)22-31-35(48)45(42-27-15-13-26(41)14-16-27)36(49)39(30,31)24-9-11-25(40)12-10-24/h2-19,21,30-32,42,47H,20,22H2,1H3. The van der Waals surface area contributed by atoms with Gasteiger partial charge < -0.3 is 9.84 Å². The molecule has 4 unspecified atom stereocenters. The molecule has 52 heavy (non-hydrogen) atoms. The Morgan fingerprint density at radius 1 is 0.942 bits per heavy atom. The van der Waals surface area contributed by atoms with Crippen molar-refractivity contribution in [1.82, 2.24) is 18.9 Å². The zero-order valence-corrected chi connectivity index (χ0v) is 28.4. The lowest BCUT2D eigenvalue weighted by molar-refractivity contribution is -0.138. The first-order valence-electron chi connectivity index (χ1n) is 16.5. The molecule has 2 amide bonds. The third-order valence-electron chi connectivity index (χ3n) is 10.3. The van der Waals surface area contributed by atoms with E-state index in [1.165, 1.54) is 46.8 Å². The molecule has 11 nitrogen and oxygen atoms in total. The lowest BCUT2D eigenvalue weighted by atomic mass is 9.54. The number of aromatic hydroxyl groups is 1. The monoisotopic (exact) mass is 719 g/mol. The van der Waals surface area contributed by atoms with E-state index in [0.29, 0.717) is 33.1 Å². The van der Waals surface area contributed by atoms with Gasteiger partial charge in [-0.3, -0.25) is 15.0 Å². The van der Waals surface area contributed by atoms with Crippen LogP contribution in [0.5, 0.6) is 11.5 Å². The fraction of sp³-hybridized carbons (Fsp3) is 0.179. The summed E-state index contributed by atoms with van der Waals surface area (Å²) < 4.78 is 23.0. The normalized spacial score (nSPS) is 22.2. The maximum atomic E-state index is 15.1. The molecule has 2 N–H and O–H groups in total. The summed E-state index contributed by atoms with van der Waals surface area (Å²) in [4.78, 5) is 57.8. The smallest absolute Gasteiger partial charge is 0.352 e. The molecular formula is C39H31ClFN5O6. The Kier molecular flexibility index (Phi) is 7.98. The number of allylic oxidation sites excluding steroid dienone is 3. The van der Waals surface area contributed by atoms with Crippen LogP contribution < -0.4 is 21.5 Å². The second-order valence-corrected chi connectivity index (χ2v) is 13.3. The van der Waals surface area contributed by atoms with Crippen LogP contribution in [-0.4, -0.2) is 43.0 Å². The lowest BCUT2D eigenvalue weighted by Gasteiger charge is -2.47. The van der Waals surface area contributed by atoms with Gasteiger partial charge in [0.2, 0.25) is 0 Å². The number of benzene rings is 4. The highest BCUT2D eigenvalue weighted by Crippen LogP contribution is 2.59. The Morgan fingerprint density at radius 3 is 2.38 bits per heavy atom. The molecule has 3 aliphatic rings. The van der Waals surface area contributed by atoms with Crippen molar-refractivity contribution in [2.24, 2.45) is 11.8 Å². The van der Waals surface area contributed by atoms with Gasteiger partial charge in [-0.25, -0.2) is 27.9 Å². The number of hydrogen-bond donors (Lipinski definition) is 2. The number of amides is 2. The average molecular weight is 720 g/mol. The van der Waals surface area contributed by atoms with Gasteiger partial charge in [-0.15, -0.1) is 0 Å². The number of carbonyl (C=O) groups excluding carboxylic acids is 2. The van der Waals surface area contributed by atoms with Gasteiger partial charge in [-0.2, -0.15) is 5.01 Å². The molecule has 2 fully saturated rings. The third-order valence-corrected chi connectivity index (χ3v) is 10.5. The molecule has 8 rings (SSSR count). The van der Waals surface area contributed by atoms with Gasteiger partial charge in [0, 0.05) is 10.9 Å². The zero-order chi connectivity index (χ0) is 36.3. The Labute approximate surface area is 301 Å². The van der Waals surface area contributed by atoms with Crippen molar-refractivity contribution in [3.8, 4) is 17.2 Å². The fourth-order valence-electron chi connectivity index (χ4n) is 7.96. The van der Waals surface area contributed by atoms with Gasteiger partial charge in [0.05, 0.1) is 42.4 Å². The van der Waals surface area contributed by atoms with E-state index in [-0.39, 0.29) is 24.5 Å². The number of nitrogens with one attached hydrogen (secondary N) is 1. The van der Waals surface area contributed by atoms with E-state index in [1.54, 1.807) is 72.8 Å². The number of rotatable bonds is 7. The predicted octanol–water partition coefficient (Wildman–Crippen LogP) is 5.47. The van der Waals surface area contributed by atoms with E-state index in [2.05, 4.69) is 5.43 Å². The number of anilines is 1. The van der Waals surface area contributed by atoms with Crippen LogP contribution in [0.15, 0.2) is 124 Å². The highest BCUT2D eigenvalue weighted by molar-refractivity contribution is 6.30. The lowest BCUT2D eigenvalue weighted by Crippen LogP contribution is -2.54.